The number of aliphatic hydroxyl groups is 1. The van der Waals surface area contributed by atoms with Crippen LogP contribution >= 0.6 is 11.6 Å². The van der Waals surface area contributed by atoms with E-state index in [0.29, 0.717) is 6.54 Å². The molecule has 8 heteroatoms. The number of anilines is 1. The number of nitrogens with zero attached hydrogens (tertiary/aromatic N) is 1. The number of nitrogens with one attached hydrogen (secondary N) is 1. The van der Waals surface area contributed by atoms with Gasteiger partial charge >= 0.3 is 5.97 Å². The summed E-state index contributed by atoms with van der Waals surface area (Å²) in [6.07, 6.45) is -0.525. The first-order chi connectivity index (χ1) is 14.5. The first-order valence-corrected chi connectivity index (χ1v) is 10.2. The summed E-state index contributed by atoms with van der Waals surface area (Å²) >= 11 is 5.58. The number of hydrogen-bond acceptors (Lipinski definition) is 6. The Bertz CT molecular complexity index is 896. The summed E-state index contributed by atoms with van der Waals surface area (Å²) in [6, 6.07) is 12.6. The Morgan fingerprint density at radius 1 is 1.10 bits per heavy atom. The first kappa shape index (κ1) is 21.8. The number of fused-ring (bicyclic) bond motifs is 1. The van der Waals surface area contributed by atoms with Gasteiger partial charge in [0.2, 0.25) is 0 Å². The van der Waals surface area contributed by atoms with Crippen molar-refractivity contribution in [3.8, 4) is 0 Å². The maximum absolute atomic E-state index is 12.8. The molecule has 1 aliphatic heterocycles. The molecule has 158 valence electrons. The fourth-order valence-corrected chi connectivity index (χ4v) is 3.39. The van der Waals surface area contributed by atoms with Gasteiger partial charge in [-0.2, -0.15) is 0 Å². The van der Waals surface area contributed by atoms with Gasteiger partial charge in [-0.3, -0.25) is 14.5 Å². The lowest BCUT2D eigenvalue weighted by molar-refractivity contribution is -0.147. The van der Waals surface area contributed by atoms with Gasteiger partial charge < -0.3 is 15.2 Å². The number of carbonyl (C=O) groups excluding carboxylic acids is 3. The van der Waals surface area contributed by atoms with E-state index in [1.807, 2.05) is 0 Å². The zero-order valence-corrected chi connectivity index (χ0v) is 17.3. The molecule has 2 atom stereocenters. The Balaban J connectivity index is 1.80. The molecule has 0 bridgehead atoms. The number of imide groups is 1. The summed E-state index contributed by atoms with van der Waals surface area (Å²) in [5, 5.41) is 12.6. The Hall–Kier alpha value is -2.90. The van der Waals surface area contributed by atoms with Gasteiger partial charge in [0.05, 0.1) is 29.7 Å². The summed E-state index contributed by atoms with van der Waals surface area (Å²) in [6.45, 7) is 2.13. The van der Waals surface area contributed by atoms with Gasteiger partial charge in [0.15, 0.2) is 0 Å². The van der Waals surface area contributed by atoms with Crippen LogP contribution in [0.15, 0.2) is 48.5 Å². The van der Waals surface area contributed by atoms with Gasteiger partial charge in [0.25, 0.3) is 11.8 Å². The SMILES string of the molecule is CCOC(=O)C(Cc1ccc(NCC(O)CCl)cc1)N1C(=O)c2ccccc2C1=O. The Morgan fingerprint density at radius 3 is 2.23 bits per heavy atom. The zero-order valence-electron chi connectivity index (χ0n) is 16.5. The van der Waals surface area contributed by atoms with Crippen molar-refractivity contribution < 1.29 is 24.2 Å². The van der Waals surface area contributed by atoms with E-state index >= 15 is 0 Å². The van der Waals surface area contributed by atoms with E-state index in [9.17, 15) is 19.5 Å². The lowest BCUT2D eigenvalue weighted by Gasteiger charge is -2.24. The van der Waals surface area contributed by atoms with E-state index in [4.69, 9.17) is 16.3 Å². The summed E-state index contributed by atoms with van der Waals surface area (Å²) < 4.78 is 5.15. The minimum Gasteiger partial charge on any atom is -0.464 e. The topological polar surface area (TPSA) is 95.9 Å². The van der Waals surface area contributed by atoms with Crippen molar-refractivity contribution in [3.05, 3.63) is 65.2 Å². The summed E-state index contributed by atoms with van der Waals surface area (Å²) in [4.78, 5) is 39.3. The van der Waals surface area contributed by atoms with Crippen molar-refractivity contribution in [2.45, 2.75) is 25.5 Å². The molecule has 7 nitrogen and oxygen atoms in total. The van der Waals surface area contributed by atoms with E-state index in [1.54, 1.807) is 55.5 Å². The van der Waals surface area contributed by atoms with Crippen LogP contribution in [-0.2, 0) is 16.0 Å². The normalized spacial score (nSPS) is 15.0. The van der Waals surface area contributed by atoms with Crippen LogP contribution in [0.4, 0.5) is 5.69 Å². The minimum atomic E-state index is -1.06. The Kier molecular flexibility index (Phi) is 7.07. The molecule has 0 saturated carbocycles. The number of ether oxygens (including phenoxy) is 1. The minimum absolute atomic E-state index is 0.132. The lowest BCUT2D eigenvalue weighted by atomic mass is 10.0. The number of rotatable bonds is 9. The van der Waals surface area contributed by atoms with Crippen LogP contribution in [0, 0.1) is 0 Å². The second kappa shape index (κ2) is 9.73. The quantitative estimate of drug-likeness (QED) is 0.360. The zero-order chi connectivity index (χ0) is 21.7. The average molecular weight is 431 g/mol. The molecule has 2 unspecified atom stereocenters. The predicted octanol–water partition coefficient (Wildman–Crippen LogP) is 2.47. The van der Waals surface area contributed by atoms with Crippen LogP contribution in [0.5, 0.6) is 0 Å². The van der Waals surface area contributed by atoms with E-state index in [-0.39, 0.29) is 30.0 Å². The monoisotopic (exact) mass is 430 g/mol. The fraction of sp³-hybridized carbons (Fsp3) is 0.318. The van der Waals surface area contributed by atoms with Crippen molar-refractivity contribution >= 4 is 35.1 Å². The molecule has 2 amide bonds. The van der Waals surface area contributed by atoms with Crippen molar-refractivity contribution in [2.75, 3.05) is 24.3 Å². The highest BCUT2D eigenvalue weighted by molar-refractivity contribution is 6.22. The Morgan fingerprint density at radius 2 is 1.70 bits per heavy atom. The number of benzene rings is 2. The highest BCUT2D eigenvalue weighted by Gasteiger charge is 2.43. The highest BCUT2D eigenvalue weighted by atomic mass is 35.5. The predicted molar refractivity (Wildman–Crippen MR) is 113 cm³/mol. The van der Waals surface area contributed by atoms with Crippen molar-refractivity contribution in [1.82, 2.24) is 4.90 Å². The molecule has 2 aromatic carbocycles. The molecule has 30 heavy (non-hydrogen) atoms. The van der Waals surface area contributed by atoms with Gasteiger partial charge in [-0.25, -0.2) is 4.79 Å². The third-order valence-electron chi connectivity index (χ3n) is 4.80. The van der Waals surface area contributed by atoms with Crippen molar-refractivity contribution in [1.29, 1.82) is 0 Å². The first-order valence-electron chi connectivity index (χ1n) is 9.66. The van der Waals surface area contributed by atoms with Gasteiger partial charge in [0, 0.05) is 18.7 Å². The average Bonchev–Trinajstić information content (AvgIpc) is 3.01. The van der Waals surface area contributed by atoms with Gasteiger partial charge in [-0.15, -0.1) is 11.6 Å². The number of carbonyl (C=O) groups is 3. The molecule has 0 fully saturated rings. The number of amides is 2. The third kappa shape index (κ3) is 4.63. The standard InChI is InChI=1S/C22H23ClN2O5/c1-2-30-22(29)19(25-20(27)17-5-3-4-6-18(17)21(25)28)11-14-7-9-15(10-8-14)24-13-16(26)12-23/h3-10,16,19,24,26H,2,11-13H2,1H3. The molecule has 2 N–H and O–H groups in total. The van der Waals surface area contributed by atoms with Crippen LogP contribution in [0.1, 0.15) is 33.2 Å². The highest BCUT2D eigenvalue weighted by Crippen LogP contribution is 2.26. The fourth-order valence-electron chi connectivity index (χ4n) is 3.28. The molecule has 0 aromatic heterocycles. The molecule has 0 saturated heterocycles. The molecule has 0 spiro atoms. The number of esters is 1. The number of hydrogen-bond donors (Lipinski definition) is 2. The smallest absolute Gasteiger partial charge is 0.329 e. The largest absolute Gasteiger partial charge is 0.464 e. The van der Waals surface area contributed by atoms with E-state index in [2.05, 4.69) is 5.32 Å². The van der Waals surface area contributed by atoms with Gasteiger partial charge in [-0.05, 0) is 36.8 Å². The molecule has 1 heterocycles. The second-order valence-electron chi connectivity index (χ2n) is 6.88. The van der Waals surface area contributed by atoms with Gasteiger partial charge in [-0.1, -0.05) is 24.3 Å². The van der Waals surface area contributed by atoms with Crippen LogP contribution < -0.4 is 5.32 Å². The summed E-state index contributed by atoms with van der Waals surface area (Å²) in [5.74, 6) is -1.49. The van der Waals surface area contributed by atoms with E-state index in [0.717, 1.165) is 16.2 Å². The number of aliphatic hydroxyl groups excluding tert-OH is 1. The van der Waals surface area contributed by atoms with Crippen LogP contribution in [0.25, 0.3) is 0 Å². The van der Waals surface area contributed by atoms with Crippen LogP contribution in [0.2, 0.25) is 0 Å². The summed E-state index contributed by atoms with van der Waals surface area (Å²) in [7, 11) is 0. The molecule has 2 aromatic rings. The molecular weight excluding hydrogens is 408 g/mol. The van der Waals surface area contributed by atoms with E-state index < -0.39 is 29.9 Å². The second-order valence-corrected chi connectivity index (χ2v) is 7.19. The molecule has 0 aliphatic carbocycles. The maximum atomic E-state index is 12.8. The Labute approximate surface area is 179 Å². The third-order valence-corrected chi connectivity index (χ3v) is 5.15. The van der Waals surface area contributed by atoms with Crippen molar-refractivity contribution in [3.63, 3.8) is 0 Å². The molecule has 3 rings (SSSR count). The molecular formula is C22H23ClN2O5. The molecule has 1 aliphatic rings. The molecule has 0 radical (unpaired) electrons. The van der Waals surface area contributed by atoms with Crippen molar-refractivity contribution in [2.24, 2.45) is 0 Å². The van der Waals surface area contributed by atoms with Crippen LogP contribution in [0.3, 0.4) is 0 Å². The number of halogens is 1. The maximum Gasteiger partial charge on any atom is 0.329 e. The van der Waals surface area contributed by atoms with Crippen LogP contribution in [-0.4, -0.2) is 59.0 Å². The number of alkyl halides is 1. The van der Waals surface area contributed by atoms with E-state index in [1.165, 1.54) is 0 Å². The summed E-state index contributed by atoms with van der Waals surface area (Å²) in [5.41, 5.74) is 2.10. The van der Waals surface area contributed by atoms with Gasteiger partial charge in [0.1, 0.15) is 6.04 Å². The lowest BCUT2D eigenvalue weighted by Crippen LogP contribution is -2.47.